The molecule has 1 heterocycles. The Morgan fingerprint density at radius 2 is 2.11 bits per heavy atom. The van der Waals surface area contributed by atoms with Gasteiger partial charge in [-0.15, -0.1) is 0 Å². The van der Waals surface area contributed by atoms with Crippen LogP contribution in [-0.4, -0.2) is 21.6 Å². The Hall–Kier alpha value is -1.63. The molecule has 96 valence electrons. The van der Waals surface area contributed by atoms with Crippen LogP contribution in [0.4, 0.5) is 5.69 Å². The third kappa shape index (κ3) is 2.05. The highest BCUT2D eigenvalue weighted by atomic mass is 79.9. The summed E-state index contributed by atoms with van der Waals surface area (Å²) < 4.78 is 1.61. The van der Waals surface area contributed by atoms with Gasteiger partial charge in [-0.3, -0.25) is 14.4 Å². The average Bonchev–Trinajstić information content (AvgIpc) is 3.06. The van der Waals surface area contributed by atoms with E-state index in [2.05, 4.69) is 21.2 Å². The molecule has 1 amide bonds. The number of pyridine rings is 1. The van der Waals surface area contributed by atoms with E-state index < -0.39 is 17.3 Å². The van der Waals surface area contributed by atoms with Gasteiger partial charge in [-0.05, 0) is 34.8 Å². The third-order valence-electron chi connectivity index (χ3n) is 2.99. The molecule has 1 aromatic rings. The SMILES string of the molecule is Cn1cc(NC(=O)C2(C(=O)O)CC2)cc(Br)c1=O. The molecule has 1 aliphatic carbocycles. The topological polar surface area (TPSA) is 88.4 Å². The van der Waals surface area contributed by atoms with Crippen LogP contribution in [0.3, 0.4) is 0 Å². The van der Waals surface area contributed by atoms with Gasteiger partial charge in [0.25, 0.3) is 5.56 Å². The number of carbonyl (C=O) groups excluding carboxylic acids is 1. The molecule has 0 saturated heterocycles. The molecule has 1 aromatic heterocycles. The van der Waals surface area contributed by atoms with Crippen LogP contribution in [0.1, 0.15) is 12.8 Å². The number of aliphatic carboxylic acids is 1. The van der Waals surface area contributed by atoms with Crippen molar-refractivity contribution >= 4 is 33.5 Å². The number of anilines is 1. The summed E-state index contributed by atoms with van der Waals surface area (Å²) in [6.07, 6.45) is 2.14. The van der Waals surface area contributed by atoms with E-state index in [1.165, 1.54) is 16.8 Å². The highest BCUT2D eigenvalue weighted by Crippen LogP contribution is 2.46. The maximum absolute atomic E-state index is 11.9. The predicted octanol–water partition coefficient (Wildman–Crippen LogP) is 0.951. The first-order valence-electron chi connectivity index (χ1n) is 5.28. The Morgan fingerprint density at radius 3 is 2.56 bits per heavy atom. The number of nitrogens with zero attached hydrogens (tertiary/aromatic N) is 1. The number of nitrogens with one attached hydrogen (secondary N) is 1. The van der Waals surface area contributed by atoms with E-state index in [1.54, 1.807) is 7.05 Å². The first-order valence-corrected chi connectivity index (χ1v) is 6.07. The van der Waals surface area contributed by atoms with E-state index in [0.29, 0.717) is 23.0 Å². The zero-order valence-electron chi connectivity index (χ0n) is 9.57. The van der Waals surface area contributed by atoms with Crippen molar-refractivity contribution in [2.75, 3.05) is 5.32 Å². The molecule has 1 fully saturated rings. The number of carboxylic acids is 1. The molecule has 0 radical (unpaired) electrons. The van der Waals surface area contributed by atoms with Crippen molar-refractivity contribution in [1.82, 2.24) is 4.57 Å². The normalized spacial score (nSPS) is 16.1. The molecule has 6 nitrogen and oxygen atoms in total. The van der Waals surface area contributed by atoms with E-state index in [0.717, 1.165) is 0 Å². The van der Waals surface area contributed by atoms with Gasteiger partial charge in [0.2, 0.25) is 5.91 Å². The molecule has 1 saturated carbocycles. The summed E-state index contributed by atoms with van der Waals surface area (Å²) in [5.41, 5.74) is -1.13. The van der Waals surface area contributed by atoms with E-state index in [9.17, 15) is 14.4 Å². The van der Waals surface area contributed by atoms with Gasteiger partial charge in [0, 0.05) is 13.2 Å². The highest BCUT2D eigenvalue weighted by molar-refractivity contribution is 9.10. The second-order valence-corrected chi connectivity index (χ2v) is 5.19. The van der Waals surface area contributed by atoms with Crippen molar-refractivity contribution in [3.63, 3.8) is 0 Å². The van der Waals surface area contributed by atoms with E-state index >= 15 is 0 Å². The molecule has 0 bridgehead atoms. The number of carbonyl (C=O) groups is 2. The van der Waals surface area contributed by atoms with E-state index in [4.69, 9.17) is 5.11 Å². The Bertz CT molecular complexity index is 563. The van der Waals surface area contributed by atoms with Crippen molar-refractivity contribution < 1.29 is 14.7 Å². The van der Waals surface area contributed by atoms with E-state index in [-0.39, 0.29) is 5.56 Å². The van der Waals surface area contributed by atoms with Gasteiger partial charge < -0.3 is 15.0 Å². The number of hydrogen-bond donors (Lipinski definition) is 2. The Kier molecular flexibility index (Phi) is 3.02. The first-order chi connectivity index (χ1) is 8.36. The molecule has 7 heteroatoms. The van der Waals surface area contributed by atoms with Gasteiger partial charge in [-0.1, -0.05) is 0 Å². The van der Waals surface area contributed by atoms with Crippen LogP contribution in [0.2, 0.25) is 0 Å². The first kappa shape index (κ1) is 12.8. The molecule has 0 atom stereocenters. The van der Waals surface area contributed by atoms with Crippen molar-refractivity contribution in [1.29, 1.82) is 0 Å². The largest absolute Gasteiger partial charge is 0.480 e. The smallest absolute Gasteiger partial charge is 0.319 e. The van der Waals surface area contributed by atoms with Gasteiger partial charge in [-0.25, -0.2) is 0 Å². The minimum Gasteiger partial charge on any atom is -0.480 e. The molecule has 0 aliphatic heterocycles. The van der Waals surface area contributed by atoms with E-state index in [1.807, 2.05) is 0 Å². The number of hydrogen-bond acceptors (Lipinski definition) is 3. The fraction of sp³-hybridized carbons (Fsp3) is 0.364. The summed E-state index contributed by atoms with van der Waals surface area (Å²) in [5.74, 6) is -1.65. The summed E-state index contributed by atoms with van der Waals surface area (Å²) >= 11 is 3.08. The fourth-order valence-electron chi connectivity index (χ4n) is 1.65. The van der Waals surface area contributed by atoms with Crippen LogP contribution in [0.15, 0.2) is 21.5 Å². The summed E-state index contributed by atoms with van der Waals surface area (Å²) in [6.45, 7) is 0. The van der Waals surface area contributed by atoms with Gasteiger partial charge >= 0.3 is 5.97 Å². The van der Waals surface area contributed by atoms with Crippen LogP contribution < -0.4 is 10.9 Å². The number of aromatic nitrogens is 1. The molecule has 2 rings (SSSR count). The summed E-state index contributed by atoms with van der Waals surface area (Å²) in [7, 11) is 1.55. The Morgan fingerprint density at radius 1 is 1.50 bits per heavy atom. The van der Waals surface area contributed by atoms with Gasteiger partial charge in [0.15, 0.2) is 0 Å². The summed E-state index contributed by atoms with van der Waals surface area (Å²) in [5, 5.41) is 11.5. The second-order valence-electron chi connectivity index (χ2n) is 4.33. The standard InChI is InChI=1S/C11H11BrN2O4/c1-14-5-6(4-7(12)8(14)15)13-9(16)11(2-3-11)10(17)18/h4-5H,2-3H2,1H3,(H,13,16)(H,17,18). The number of aryl methyl sites for hydroxylation is 1. The second kappa shape index (κ2) is 4.24. The lowest BCUT2D eigenvalue weighted by molar-refractivity contribution is -0.147. The minimum absolute atomic E-state index is 0.229. The lowest BCUT2D eigenvalue weighted by Crippen LogP contribution is -2.31. The maximum Gasteiger partial charge on any atom is 0.319 e. The molecular weight excluding hydrogens is 304 g/mol. The van der Waals surface area contributed by atoms with Crippen LogP contribution in [0.25, 0.3) is 0 Å². The van der Waals surface area contributed by atoms with Crippen LogP contribution in [0, 0.1) is 5.41 Å². The highest BCUT2D eigenvalue weighted by Gasteiger charge is 2.57. The lowest BCUT2D eigenvalue weighted by Gasteiger charge is -2.11. The third-order valence-corrected chi connectivity index (χ3v) is 3.56. The Balaban J connectivity index is 2.23. The fourth-order valence-corrected chi connectivity index (χ4v) is 2.18. The van der Waals surface area contributed by atoms with Gasteiger partial charge in [0.1, 0.15) is 5.41 Å². The molecular formula is C11H11BrN2O4. The number of halogens is 1. The van der Waals surface area contributed by atoms with Crippen molar-refractivity contribution in [2.24, 2.45) is 12.5 Å². The molecule has 0 unspecified atom stereocenters. The zero-order chi connectivity index (χ0) is 13.5. The lowest BCUT2D eigenvalue weighted by atomic mass is 10.1. The predicted molar refractivity (Wildman–Crippen MR) is 67.3 cm³/mol. The summed E-state index contributed by atoms with van der Waals surface area (Å²) in [6, 6.07) is 1.46. The minimum atomic E-state index is -1.29. The monoisotopic (exact) mass is 314 g/mol. The van der Waals surface area contributed by atoms with Crippen molar-refractivity contribution in [3.8, 4) is 0 Å². The molecule has 0 aromatic carbocycles. The molecule has 18 heavy (non-hydrogen) atoms. The average molecular weight is 315 g/mol. The number of carboxylic acid groups (broad SMARTS) is 1. The maximum atomic E-state index is 11.9. The number of amides is 1. The molecule has 0 spiro atoms. The van der Waals surface area contributed by atoms with Gasteiger partial charge in [-0.2, -0.15) is 0 Å². The van der Waals surface area contributed by atoms with Crippen LogP contribution in [-0.2, 0) is 16.6 Å². The molecule has 1 aliphatic rings. The Labute approximate surface area is 111 Å². The quantitative estimate of drug-likeness (QED) is 0.813. The van der Waals surface area contributed by atoms with Crippen molar-refractivity contribution in [3.05, 3.63) is 27.1 Å². The summed E-state index contributed by atoms with van der Waals surface area (Å²) in [4.78, 5) is 34.3. The molecule has 2 N–H and O–H groups in total. The number of rotatable bonds is 3. The zero-order valence-corrected chi connectivity index (χ0v) is 11.2. The van der Waals surface area contributed by atoms with Gasteiger partial charge in [0.05, 0.1) is 10.2 Å². The van der Waals surface area contributed by atoms with Crippen LogP contribution >= 0.6 is 15.9 Å². The van der Waals surface area contributed by atoms with Crippen LogP contribution in [0.5, 0.6) is 0 Å². The van der Waals surface area contributed by atoms with Crippen molar-refractivity contribution in [2.45, 2.75) is 12.8 Å².